The summed E-state index contributed by atoms with van der Waals surface area (Å²) in [6.07, 6.45) is -0.0420. The summed E-state index contributed by atoms with van der Waals surface area (Å²) in [6.45, 7) is 0.785. The molecule has 1 aliphatic rings. The molecular formula is C11H9F3NO5S-. The van der Waals surface area contributed by atoms with Crippen LogP contribution in [0.5, 0.6) is 5.75 Å². The van der Waals surface area contributed by atoms with Crippen LogP contribution < -0.4 is 9.84 Å². The lowest BCUT2D eigenvalue weighted by molar-refractivity contribution is -0.212. The zero-order chi connectivity index (χ0) is 15.7. The van der Waals surface area contributed by atoms with Gasteiger partial charge < -0.3 is 14.6 Å². The number of rotatable bonds is 5. The highest BCUT2D eigenvalue weighted by molar-refractivity contribution is 7.91. The molecule has 0 radical (unpaired) electrons. The molecule has 0 aliphatic carbocycles. The van der Waals surface area contributed by atoms with E-state index in [9.17, 15) is 26.7 Å². The predicted octanol–water partition coefficient (Wildman–Crippen LogP) is 0.421. The highest BCUT2D eigenvalue weighted by atomic mass is 32.2. The van der Waals surface area contributed by atoms with Gasteiger partial charge in [0.25, 0.3) is 0 Å². The number of epoxide rings is 1. The molecule has 0 spiro atoms. The van der Waals surface area contributed by atoms with Crippen LogP contribution in [0.1, 0.15) is 5.56 Å². The number of hydrogen-bond acceptors (Lipinski definition) is 5. The molecule has 0 N–H and O–H groups in total. The Labute approximate surface area is 117 Å². The Morgan fingerprint density at radius 3 is 2.71 bits per heavy atom. The second-order valence-corrected chi connectivity index (χ2v) is 5.71. The topological polar surface area (TPSA) is 91.3 Å². The Kier molecular flexibility index (Phi) is 4.10. The van der Waals surface area contributed by atoms with Crippen molar-refractivity contribution >= 4 is 15.9 Å². The minimum Gasteiger partial charge on any atom is -0.858 e. The molecule has 0 aromatic heterocycles. The fraction of sp³-hybridized carbons (Fsp3) is 0.364. The summed E-state index contributed by atoms with van der Waals surface area (Å²) in [5.74, 6) is -1.31. The summed E-state index contributed by atoms with van der Waals surface area (Å²) in [5, 5.41) is 11.5. The second kappa shape index (κ2) is 5.53. The molecule has 1 unspecified atom stereocenters. The third-order valence-corrected chi connectivity index (χ3v) is 3.41. The minimum atomic E-state index is -5.86. The Balaban J connectivity index is 2.18. The Morgan fingerprint density at radius 2 is 2.14 bits per heavy atom. The summed E-state index contributed by atoms with van der Waals surface area (Å²) >= 11 is 0. The van der Waals surface area contributed by atoms with Gasteiger partial charge in [0.2, 0.25) is 0 Å². The molecule has 116 valence electrons. The van der Waals surface area contributed by atoms with Crippen molar-refractivity contribution in [1.82, 2.24) is 0 Å². The van der Waals surface area contributed by atoms with Gasteiger partial charge in [0.15, 0.2) is 0 Å². The van der Waals surface area contributed by atoms with E-state index >= 15 is 0 Å². The van der Waals surface area contributed by atoms with Crippen LogP contribution in [0, 0.1) is 0 Å². The van der Waals surface area contributed by atoms with Crippen molar-refractivity contribution in [2.24, 2.45) is 4.40 Å². The molecule has 1 aromatic rings. The summed E-state index contributed by atoms with van der Waals surface area (Å²) in [4.78, 5) is 0. The van der Waals surface area contributed by atoms with E-state index in [1.165, 1.54) is 12.1 Å². The maximum Gasteiger partial charge on any atom is 0.518 e. The molecule has 1 atom stereocenters. The van der Waals surface area contributed by atoms with Gasteiger partial charge in [0.05, 0.1) is 6.61 Å². The number of benzene rings is 1. The van der Waals surface area contributed by atoms with Crippen molar-refractivity contribution in [3.63, 3.8) is 0 Å². The zero-order valence-corrected chi connectivity index (χ0v) is 11.1. The van der Waals surface area contributed by atoms with E-state index in [0.717, 1.165) is 12.1 Å². The fourth-order valence-electron chi connectivity index (χ4n) is 1.29. The molecule has 10 heteroatoms. The first kappa shape index (κ1) is 15.6. The van der Waals surface area contributed by atoms with Crippen LogP contribution in [0.15, 0.2) is 28.7 Å². The Morgan fingerprint density at radius 1 is 1.48 bits per heavy atom. The van der Waals surface area contributed by atoms with Crippen LogP contribution >= 0.6 is 0 Å². The average molecular weight is 324 g/mol. The Bertz CT molecular complexity index is 652. The third kappa shape index (κ3) is 4.08. The SMILES string of the molecule is O=S(=O)(/N=C(\[O-])c1cccc(OCC2CO2)c1)C(F)(F)F. The van der Waals surface area contributed by atoms with Gasteiger partial charge in [0, 0.05) is 5.90 Å². The molecule has 1 aromatic carbocycles. The van der Waals surface area contributed by atoms with Crippen LogP contribution in [0.4, 0.5) is 13.2 Å². The van der Waals surface area contributed by atoms with Crippen molar-refractivity contribution in [3.05, 3.63) is 29.8 Å². The molecule has 1 saturated heterocycles. The number of alkyl halides is 3. The first-order valence-electron chi connectivity index (χ1n) is 5.62. The number of halogens is 3. The largest absolute Gasteiger partial charge is 0.858 e. The van der Waals surface area contributed by atoms with E-state index in [0.29, 0.717) is 6.61 Å². The van der Waals surface area contributed by atoms with Crippen LogP contribution in [-0.2, 0) is 14.8 Å². The smallest absolute Gasteiger partial charge is 0.518 e. The molecule has 0 saturated carbocycles. The van der Waals surface area contributed by atoms with E-state index in [-0.39, 0.29) is 24.0 Å². The van der Waals surface area contributed by atoms with E-state index in [4.69, 9.17) is 9.47 Å². The lowest BCUT2D eigenvalue weighted by Crippen LogP contribution is -2.27. The minimum absolute atomic E-state index is 0.0420. The normalized spacial score (nSPS) is 19.4. The molecule has 1 aliphatic heterocycles. The van der Waals surface area contributed by atoms with Crippen molar-refractivity contribution in [3.8, 4) is 5.75 Å². The Hall–Kier alpha value is -1.81. The molecule has 0 amide bonds. The number of nitrogens with zero attached hydrogens (tertiary/aromatic N) is 1. The van der Waals surface area contributed by atoms with E-state index < -0.39 is 21.4 Å². The predicted molar refractivity (Wildman–Crippen MR) is 63.2 cm³/mol. The summed E-state index contributed by atoms with van der Waals surface area (Å²) < 4.78 is 70.3. The molecule has 2 rings (SSSR count). The maximum absolute atomic E-state index is 12.1. The quantitative estimate of drug-likeness (QED) is 0.445. The third-order valence-electron chi connectivity index (χ3n) is 2.41. The van der Waals surface area contributed by atoms with Gasteiger partial charge >= 0.3 is 15.5 Å². The lowest BCUT2D eigenvalue weighted by Gasteiger charge is -2.13. The zero-order valence-electron chi connectivity index (χ0n) is 10.3. The van der Waals surface area contributed by atoms with Crippen LogP contribution in [0.3, 0.4) is 0 Å². The van der Waals surface area contributed by atoms with Crippen molar-refractivity contribution in [2.75, 3.05) is 13.2 Å². The van der Waals surface area contributed by atoms with Gasteiger partial charge in [-0.05, 0) is 17.7 Å². The first-order chi connectivity index (χ1) is 9.69. The van der Waals surface area contributed by atoms with Crippen molar-refractivity contribution in [1.29, 1.82) is 0 Å². The molecule has 1 fully saturated rings. The molecule has 0 bridgehead atoms. The van der Waals surface area contributed by atoms with Crippen LogP contribution in [-0.4, -0.2) is 39.1 Å². The van der Waals surface area contributed by atoms with Crippen molar-refractivity contribution < 1.29 is 36.2 Å². The van der Waals surface area contributed by atoms with Crippen LogP contribution in [0.2, 0.25) is 0 Å². The second-order valence-electron chi connectivity index (χ2n) is 4.11. The number of sulfonamides is 1. The van der Waals surface area contributed by atoms with Crippen molar-refractivity contribution in [2.45, 2.75) is 11.6 Å². The average Bonchev–Trinajstić information content (AvgIpc) is 3.19. The van der Waals surface area contributed by atoms with E-state index in [2.05, 4.69) is 4.40 Å². The fourth-order valence-corrected chi connectivity index (χ4v) is 1.71. The van der Waals surface area contributed by atoms with Crippen LogP contribution in [0.25, 0.3) is 0 Å². The maximum atomic E-state index is 12.1. The monoisotopic (exact) mass is 324 g/mol. The van der Waals surface area contributed by atoms with Gasteiger partial charge in [-0.1, -0.05) is 12.1 Å². The number of ether oxygens (including phenoxy) is 2. The van der Waals surface area contributed by atoms with Gasteiger partial charge in [-0.15, -0.1) is 0 Å². The van der Waals surface area contributed by atoms with Gasteiger partial charge in [-0.25, -0.2) is 0 Å². The van der Waals surface area contributed by atoms with E-state index in [1.54, 1.807) is 0 Å². The highest BCUT2D eigenvalue weighted by Crippen LogP contribution is 2.25. The summed E-state index contributed by atoms with van der Waals surface area (Å²) in [6, 6.07) is 5.06. The highest BCUT2D eigenvalue weighted by Gasteiger charge is 2.45. The van der Waals surface area contributed by atoms with Gasteiger partial charge in [-0.3, -0.25) is 0 Å². The molecule has 1 heterocycles. The van der Waals surface area contributed by atoms with Gasteiger partial charge in [0.1, 0.15) is 18.5 Å². The standard InChI is InChI=1S/C11H10F3NO5S/c12-11(13,14)21(17,18)15-10(16)7-2-1-3-8(4-7)19-5-9-6-20-9/h1-4,9H,5-6H2,(H,15,16)/p-1. The number of hydrogen-bond donors (Lipinski definition) is 0. The molecule has 6 nitrogen and oxygen atoms in total. The van der Waals surface area contributed by atoms with E-state index in [1.807, 2.05) is 0 Å². The lowest BCUT2D eigenvalue weighted by atomic mass is 10.2. The summed E-state index contributed by atoms with van der Waals surface area (Å²) in [5.41, 5.74) is -5.93. The molecule has 21 heavy (non-hydrogen) atoms. The summed E-state index contributed by atoms with van der Waals surface area (Å²) in [7, 11) is -5.86. The van der Waals surface area contributed by atoms with Gasteiger partial charge in [-0.2, -0.15) is 26.0 Å². The molecular weight excluding hydrogens is 315 g/mol. The first-order valence-corrected chi connectivity index (χ1v) is 7.06.